The van der Waals surface area contributed by atoms with Crippen LogP contribution in [0.25, 0.3) is 0 Å². The topological polar surface area (TPSA) is 35.2 Å². The Morgan fingerprint density at radius 3 is 2.50 bits per heavy atom. The highest BCUT2D eigenvalue weighted by atomic mass is 16.5. The summed E-state index contributed by atoms with van der Waals surface area (Å²) in [6, 6.07) is 0.292. The number of ether oxygens (including phenoxy) is 1. The summed E-state index contributed by atoms with van der Waals surface area (Å²) < 4.78 is 6.25. The van der Waals surface area contributed by atoms with Crippen molar-refractivity contribution in [2.75, 3.05) is 0 Å². The Bertz CT molecular complexity index is 239. The van der Waals surface area contributed by atoms with Gasteiger partial charge in [0.15, 0.2) is 0 Å². The fourth-order valence-electron chi connectivity index (χ4n) is 3.73. The van der Waals surface area contributed by atoms with Crippen molar-refractivity contribution in [3.8, 4) is 0 Å². The standard InChI is InChI=1S/C14H27NO/c1-10-7-11(9-14(2,3)8-10)16-13-6-4-5-12(13)15/h10-13H,4-9,15H2,1-3H3. The predicted molar refractivity (Wildman–Crippen MR) is 67.3 cm³/mol. The first kappa shape index (κ1) is 12.4. The van der Waals surface area contributed by atoms with Gasteiger partial charge in [0.2, 0.25) is 0 Å². The fraction of sp³-hybridized carbons (Fsp3) is 1.00. The van der Waals surface area contributed by atoms with Gasteiger partial charge in [-0.05, 0) is 49.9 Å². The van der Waals surface area contributed by atoms with Crippen LogP contribution < -0.4 is 5.73 Å². The first-order valence-corrected chi connectivity index (χ1v) is 6.87. The summed E-state index contributed by atoms with van der Waals surface area (Å²) in [5.74, 6) is 0.798. The third kappa shape index (κ3) is 2.98. The second kappa shape index (κ2) is 4.66. The molecule has 2 N–H and O–H groups in total. The van der Waals surface area contributed by atoms with Crippen LogP contribution in [0.4, 0.5) is 0 Å². The summed E-state index contributed by atoms with van der Waals surface area (Å²) in [6.45, 7) is 7.09. The second-order valence-corrected chi connectivity index (χ2v) is 6.80. The third-order valence-corrected chi connectivity index (χ3v) is 4.22. The molecule has 2 aliphatic carbocycles. The zero-order valence-corrected chi connectivity index (χ0v) is 11.0. The fourth-order valence-corrected chi connectivity index (χ4v) is 3.73. The lowest BCUT2D eigenvalue weighted by atomic mass is 9.71. The van der Waals surface area contributed by atoms with Crippen molar-refractivity contribution < 1.29 is 4.74 Å². The van der Waals surface area contributed by atoms with Gasteiger partial charge < -0.3 is 10.5 Å². The van der Waals surface area contributed by atoms with E-state index in [0.29, 0.717) is 23.7 Å². The third-order valence-electron chi connectivity index (χ3n) is 4.22. The Kier molecular flexibility index (Phi) is 3.60. The molecule has 0 spiro atoms. The van der Waals surface area contributed by atoms with Crippen LogP contribution in [0.1, 0.15) is 59.3 Å². The summed E-state index contributed by atoms with van der Waals surface area (Å²) >= 11 is 0. The second-order valence-electron chi connectivity index (χ2n) is 6.80. The van der Waals surface area contributed by atoms with Crippen molar-refractivity contribution in [1.29, 1.82) is 0 Å². The molecule has 0 saturated heterocycles. The summed E-state index contributed by atoms with van der Waals surface area (Å²) in [4.78, 5) is 0. The van der Waals surface area contributed by atoms with Crippen molar-refractivity contribution in [2.24, 2.45) is 17.1 Å². The van der Waals surface area contributed by atoms with E-state index in [1.54, 1.807) is 0 Å². The highest BCUT2D eigenvalue weighted by Crippen LogP contribution is 2.40. The van der Waals surface area contributed by atoms with Crippen LogP contribution in [-0.2, 0) is 4.74 Å². The lowest BCUT2D eigenvalue weighted by Crippen LogP contribution is -2.39. The molecule has 94 valence electrons. The Hall–Kier alpha value is -0.0800. The van der Waals surface area contributed by atoms with Crippen molar-refractivity contribution >= 4 is 0 Å². The van der Waals surface area contributed by atoms with Crippen LogP contribution in [-0.4, -0.2) is 18.2 Å². The van der Waals surface area contributed by atoms with Gasteiger partial charge in [-0.3, -0.25) is 0 Å². The molecule has 0 amide bonds. The highest BCUT2D eigenvalue weighted by Gasteiger charge is 2.35. The lowest BCUT2D eigenvalue weighted by molar-refractivity contribution is -0.0672. The maximum atomic E-state index is 6.25. The summed E-state index contributed by atoms with van der Waals surface area (Å²) in [7, 11) is 0. The van der Waals surface area contributed by atoms with Gasteiger partial charge in [0, 0.05) is 6.04 Å². The van der Waals surface area contributed by atoms with E-state index in [1.807, 2.05) is 0 Å². The summed E-state index contributed by atoms with van der Waals surface area (Å²) in [6.07, 6.45) is 8.14. The van der Waals surface area contributed by atoms with Gasteiger partial charge in [0.1, 0.15) is 0 Å². The smallest absolute Gasteiger partial charge is 0.0729 e. The predicted octanol–water partition coefficient (Wildman–Crippen LogP) is 3.10. The van der Waals surface area contributed by atoms with Gasteiger partial charge in [-0.1, -0.05) is 20.8 Å². The number of rotatable bonds is 2. The highest BCUT2D eigenvalue weighted by molar-refractivity contribution is 4.87. The van der Waals surface area contributed by atoms with Crippen molar-refractivity contribution in [2.45, 2.75) is 77.5 Å². The van der Waals surface area contributed by atoms with E-state index in [4.69, 9.17) is 10.5 Å². The van der Waals surface area contributed by atoms with Crippen LogP contribution in [0.3, 0.4) is 0 Å². The molecule has 4 unspecified atom stereocenters. The van der Waals surface area contributed by atoms with Gasteiger partial charge in [-0.25, -0.2) is 0 Å². The molecule has 0 bridgehead atoms. The first-order chi connectivity index (χ1) is 7.46. The van der Waals surface area contributed by atoms with Gasteiger partial charge in [0.25, 0.3) is 0 Å². The molecule has 0 aromatic heterocycles. The molecule has 0 aromatic carbocycles. The molecule has 0 aromatic rings. The normalized spacial score (nSPS) is 43.5. The maximum Gasteiger partial charge on any atom is 0.0729 e. The van der Waals surface area contributed by atoms with Crippen molar-refractivity contribution in [3.63, 3.8) is 0 Å². The van der Waals surface area contributed by atoms with Crippen LogP contribution in [0.15, 0.2) is 0 Å². The monoisotopic (exact) mass is 225 g/mol. The van der Waals surface area contributed by atoms with Gasteiger partial charge in [0.05, 0.1) is 12.2 Å². The lowest BCUT2D eigenvalue weighted by Gasteiger charge is -2.40. The molecular formula is C14H27NO. The molecular weight excluding hydrogens is 198 g/mol. The average molecular weight is 225 g/mol. The van der Waals surface area contributed by atoms with Crippen LogP contribution in [0.2, 0.25) is 0 Å². The van der Waals surface area contributed by atoms with E-state index in [0.717, 1.165) is 12.3 Å². The van der Waals surface area contributed by atoms with E-state index >= 15 is 0 Å². The van der Waals surface area contributed by atoms with E-state index < -0.39 is 0 Å². The maximum absolute atomic E-state index is 6.25. The van der Waals surface area contributed by atoms with Gasteiger partial charge in [-0.15, -0.1) is 0 Å². The zero-order valence-electron chi connectivity index (χ0n) is 11.0. The van der Waals surface area contributed by atoms with Gasteiger partial charge >= 0.3 is 0 Å². The average Bonchev–Trinajstić information content (AvgIpc) is 2.48. The molecule has 0 heterocycles. The Balaban J connectivity index is 1.89. The van der Waals surface area contributed by atoms with E-state index in [9.17, 15) is 0 Å². The Morgan fingerprint density at radius 2 is 1.94 bits per heavy atom. The summed E-state index contributed by atoms with van der Waals surface area (Å²) in [5, 5.41) is 0. The minimum Gasteiger partial charge on any atom is -0.373 e. The van der Waals surface area contributed by atoms with Crippen molar-refractivity contribution in [1.82, 2.24) is 0 Å². The Labute approximate surface area is 99.9 Å². The Morgan fingerprint density at radius 1 is 1.19 bits per heavy atom. The van der Waals surface area contributed by atoms with Crippen LogP contribution >= 0.6 is 0 Å². The molecule has 0 aliphatic heterocycles. The number of nitrogens with two attached hydrogens (primary N) is 1. The molecule has 4 atom stereocenters. The molecule has 2 rings (SSSR count). The van der Waals surface area contributed by atoms with Crippen LogP contribution in [0.5, 0.6) is 0 Å². The minimum atomic E-state index is 0.292. The van der Waals surface area contributed by atoms with E-state index in [2.05, 4.69) is 20.8 Å². The minimum absolute atomic E-state index is 0.292. The van der Waals surface area contributed by atoms with Crippen molar-refractivity contribution in [3.05, 3.63) is 0 Å². The number of hydrogen-bond donors (Lipinski definition) is 1. The zero-order chi connectivity index (χ0) is 11.8. The molecule has 2 nitrogen and oxygen atoms in total. The largest absolute Gasteiger partial charge is 0.373 e. The van der Waals surface area contributed by atoms with Gasteiger partial charge in [-0.2, -0.15) is 0 Å². The molecule has 16 heavy (non-hydrogen) atoms. The quantitative estimate of drug-likeness (QED) is 0.783. The molecule has 2 aliphatic rings. The van der Waals surface area contributed by atoms with E-state index in [-0.39, 0.29) is 0 Å². The first-order valence-electron chi connectivity index (χ1n) is 6.87. The molecule has 2 heteroatoms. The van der Waals surface area contributed by atoms with E-state index in [1.165, 1.54) is 32.1 Å². The number of hydrogen-bond acceptors (Lipinski definition) is 2. The molecule has 2 fully saturated rings. The SMILES string of the molecule is CC1CC(OC2CCCC2N)CC(C)(C)C1. The van der Waals surface area contributed by atoms with Crippen LogP contribution in [0, 0.1) is 11.3 Å². The molecule has 0 radical (unpaired) electrons. The summed E-state index contributed by atoms with van der Waals surface area (Å²) in [5.41, 5.74) is 6.52. The molecule has 2 saturated carbocycles.